The molecule has 0 aliphatic heterocycles. The van der Waals surface area contributed by atoms with Crippen molar-refractivity contribution in [2.45, 2.75) is 30.9 Å². The van der Waals surface area contributed by atoms with Crippen LogP contribution in [0.15, 0.2) is 94.6 Å². The van der Waals surface area contributed by atoms with E-state index in [9.17, 15) is 10.1 Å². The lowest BCUT2D eigenvalue weighted by Gasteiger charge is -2.16. The van der Waals surface area contributed by atoms with Gasteiger partial charge in [0.1, 0.15) is 23.4 Å². The second-order valence-electron chi connectivity index (χ2n) is 8.94. The van der Waals surface area contributed by atoms with Crippen molar-refractivity contribution >= 4 is 38.5 Å². The molecule has 7 nitrogen and oxygen atoms in total. The zero-order chi connectivity index (χ0) is 26.6. The largest absolute Gasteiger partial charge is 0.488 e. The topological polar surface area (TPSA) is 83.1 Å². The van der Waals surface area contributed by atoms with Gasteiger partial charge in [0.25, 0.3) is 0 Å². The zero-order valence-electron chi connectivity index (χ0n) is 20.9. The van der Waals surface area contributed by atoms with Crippen LogP contribution in [0.25, 0.3) is 16.5 Å². The highest BCUT2D eigenvalue weighted by Gasteiger charge is 2.24. The Bertz CT molecular complexity index is 1600. The van der Waals surface area contributed by atoms with Crippen molar-refractivity contribution in [3.63, 3.8) is 0 Å². The first-order valence-electron chi connectivity index (χ1n) is 12.1. The monoisotopic (exact) mass is 588 g/mol. The van der Waals surface area contributed by atoms with E-state index in [0.717, 1.165) is 43.4 Å². The summed E-state index contributed by atoms with van der Waals surface area (Å²) in [6, 6.07) is 28.0. The second kappa shape index (κ2) is 11.4. The lowest BCUT2D eigenvalue weighted by atomic mass is 10.1. The van der Waals surface area contributed by atoms with Crippen LogP contribution in [-0.2, 0) is 6.61 Å². The molecule has 0 bridgehead atoms. The molecule has 5 aromatic rings. The smallest absolute Gasteiger partial charge is 0.220 e. The molecule has 0 aliphatic rings. The van der Waals surface area contributed by atoms with E-state index in [2.05, 4.69) is 50.4 Å². The van der Waals surface area contributed by atoms with Gasteiger partial charge in [0.15, 0.2) is 5.16 Å². The molecule has 0 radical (unpaired) electrons. The number of aryl methyl sites for hydroxylation is 2. The van der Waals surface area contributed by atoms with Gasteiger partial charge >= 0.3 is 0 Å². The highest BCUT2D eigenvalue weighted by Crippen LogP contribution is 2.39. The van der Waals surface area contributed by atoms with Crippen molar-refractivity contribution < 1.29 is 9.66 Å². The standard InChI is InChI=1S/C29H25BrN4O3S/c1-19-10-13-24(14-11-19)34-20(2)31-32-29(34)38-28(17-33(35)36)22-12-15-27(26(30)16-22)37-18-23-8-5-7-21-6-3-4-9-25(21)23/h3-16,28H,17-18H2,1-2H3/t28-/m0/s1. The Morgan fingerprint density at radius 3 is 2.53 bits per heavy atom. The van der Waals surface area contributed by atoms with Gasteiger partial charge in [-0.3, -0.25) is 14.7 Å². The molecule has 0 fully saturated rings. The van der Waals surface area contributed by atoms with Crippen LogP contribution in [0, 0.1) is 24.0 Å². The number of halogens is 1. The molecule has 5 rings (SSSR count). The van der Waals surface area contributed by atoms with Gasteiger partial charge in [0.2, 0.25) is 6.54 Å². The Kier molecular flexibility index (Phi) is 7.76. The Morgan fingerprint density at radius 2 is 1.76 bits per heavy atom. The minimum atomic E-state index is -0.471. The average Bonchev–Trinajstić information content (AvgIpc) is 3.27. The summed E-state index contributed by atoms with van der Waals surface area (Å²) in [5.41, 5.74) is 3.95. The fourth-order valence-electron chi connectivity index (χ4n) is 4.29. The third-order valence-corrected chi connectivity index (χ3v) is 8.04. The number of ether oxygens (including phenoxy) is 1. The van der Waals surface area contributed by atoms with E-state index in [1.807, 2.05) is 79.1 Å². The lowest BCUT2D eigenvalue weighted by Crippen LogP contribution is -2.11. The van der Waals surface area contributed by atoms with Crippen LogP contribution in [0.2, 0.25) is 0 Å². The fraction of sp³-hybridized carbons (Fsp3) is 0.172. The van der Waals surface area contributed by atoms with Crippen molar-refractivity contribution in [2.75, 3.05) is 6.54 Å². The predicted octanol–water partition coefficient (Wildman–Crippen LogP) is 7.49. The van der Waals surface area contributed by atoms with E-state index in [0.29, 0.717) is 17.5 Å². The molecule has 1 aromatic heterocycles. The van der Waals surface area contributed by atoms with E-state index < -0.39 is 5.25 Å². The summed E-state index contributed by atoms with van der Waals surface area (Å²) in [6.07, 6.45) is 0. The molecule has 1 atom stereocenters. The van der Waals surface area contributed by atoms with Crippen LogP contribution < -0.4 is 4.74 Å². The second-order valence-corrected chi connectivity index (χ2v) is 11.0. The lowest BCUT2D eigenvalue weighted by molar-refractivity contribution is -0.479. The average molecular weight is 590 g/mol. The van der Waals surface area contributed by atoms with E-state index in [-0.39, 0.29) is 11.5 Å². The van der Waals surface area contributed by atoms with Gasteiger partial charge in [-0.1, -0.05) is 78.0 Å². The third-order valence-electron chi connectivity index (χ3n) is 6.24. The molecule has 1 heterocycles. The van der Waals surface area contributed by atoms with Crippen molar-refractivity contribution in [3.05, 3.63) is 122 Å². The van der Waals surface area contributed by atoms with Crippen LogP contribution in [0.1, 0.15) is 27.8 Å². The van der Waals surface area contributed by atoms with Crippen molar-refractivity contribution in [2.24, 2.45) is 0 Å². The van der Waals surface area contributed by atoms with Gasteiger partial charge in [0.05, 0.1) is 4.47 Å². The SMILES string of the molecule is Cc1ccc(-n2c(C)nnc2S[C@@H](C[N+](=O)[O-])c2ccc(OCc3cccc4ccccc34)c(Br)c2)cc1. The molecule has 0 aliphatic carbocycles. The first-order chi connectivity index (χ1) is 18.4. The quantitative estimate of drug-likeness (QED) is 0.101. The minimum absolute atomic E-state index is 0.257. The van der Waals surface area contributed by atoms with Gasteiger partial charge in [-0.2, -0.15) is 0 Å². The Hall–Kier alpha value is -3.69. The van der Waals surface area contributed by atoms with Crippen LogP contribution in [0.5, 0.6) is 5.75 Å². The summed E-state index contributed by atoms with van der Waals surface area (Å²) in [4.78, 5) is 11.3. The maximum Gasteiger partial charge on any atom is 0.220 e. The Labute approximate surface area is 233 Å². The van der Waals surface area contributed by atoms with Crippen LogP contribution in [0.4, 0.5) is 0 Å². The summed E-state index contributed by atoms with van der Waals surface area (Å²) < 4.78 is 8.80. The molecule has 0 amide bonds. The zero-order valence-corrected chi connectivity index (χ0v) is 23.3. The molecule has 4 aromatic carbocycles. The van der Waals surface area contributed by atoms with Gasteiger partial charge in [-0.05, 0) is 75.9 Å². The van der Waals surface area contributed by atoms with E-state index >= 15 is 0 Å². The van der Waals surface area contributed by atoms with E-state index in [1.54, 1.807) is 0 Å². The number of benzene rings is 4. The van der Waals surface area contributed by atoms with Crippen molar-refractivity contribution in [1.29, 1.82) is 0 Å². The molecular formula is C29H25BrN4O3S. The number of rotatable bonds is 9. The van der Waals surface area contributed by atoms with Crippen LogP contribution in [0.3, 0.4) is 0 Å². The molecule has 0 saturated heterocycles. The molecule has 0 N–H and O–H groups in total. The van der Waals surface area contributed by atoms with E-state index in [1.165, 1.54) is 11.8 Å². The van der Waals surface area contributed by atoms with Gasteiger partial charge in [-0.15, -0.1) is 10.2 Å². The third kappa shape index (κ3) is 5.74. The predicted molar refractivity (Wildman–Crippen MR) is 154 cm³/mol. The summed E-state index contributed by atoms with van der Waals surface area (Å²) in [5.74, 6) is 1.39. The fourth-order valence-corrected chi connectivity index (χ4v) is 5.97. The maximum atomic E-state index is 11.6. The normalized spacial score (nSPS) is 12.0. The van der Waals surface area contributed by atoms with Crippen LogP contribution in [-0.4, -0.2) is 26.2 Å². The molecule has 9 heteroatoms. The number of hydrogen-bond donors (Lipinski definition) is 0. The van der Waals surface area contributed by atoms with Crippen molar-refractivity contribution in [1.82, 2.24) is 14.8 Å². The first-order valence-corrected chi connectivity index (χ1v) is 13.7. The highest BCUT2D eigenvalue weighted by atomic mass is 79.9. The summed E-state index contributed by atoms with van der Waals surface area (Å²) in [5, 5.41) is 22.6. The number of fused-ring (bicyclic) bond motifs is 1. The maximum absolute atomic E-state index is 11.6. The molecule has 0 spiro atoms. The summed E-state index contributed by atoms with van der Waals surface area (Å²) in [7, 11) is 0. The summed E-state index contributed by atoms with van der Waals surface area (Å²) >= 11 is 4.94. The Balaban J connectivity index is 1.38. The molecule has 192 valence electrons. The molecule has 0 saturated carbocycles. The molecular weight excluding hydrogens is 564 g/mol. The van der Waals surface area contributed by atoms with Gasteiger partial charge < -0.3 is 4.74 Å². The first kappa shape index (κ1) is 25.9. The van der Waals surface area contributed by atoms with Crippen LogP contribution >= 0.6 is 27.7 Å². The molecule has 38 heavy (non-hydrogen) atoms. The number of aromatic nitrogens is 3. The number of nitro groups is 1. The minimum Gasteiger partial charge on any atom is -0.488 e. The van der Waals surface area contributed by atoms with Gasteiger partial charge in [-0.25, -0.2) is 0 Å². The van der Waals surface area contributed by atoms with Crippen molar-refractivity contribution in [3.8, 4) is 11.4 Å². The van der Waals surface area contributed by atoms with Gasteiger partial charge in [0, 0.05) is 10.6 Å². The number of nitrogens with zero attached hydrogens (tertiary/aromatic N) is 4. The Morgan fingerprint density at radius 1 is 1.00 bits per heavy atom. The highest BCUT2D eigenvalue weighted by molar-refractivity contribution is 9.10. The number of hydrogen-bond acceptors (Lipinski definition) is 6. The van der Waals surface area contributed by atoms with E-state index in [4.69, 9.17) is 4.74 Å². The molecule has 0 unspecified atom stereocenters. The summed E-state index contributed by atoms with van der Waals surface area (Å²) in [6.45, 7) is 4.05. The number of thioether (sulfide) groups is 1.